The number of rotatable bonds is 3. The van der Waals surface area contributed by atoms with Crippen molar-refractivity contribution in [1.29, 1.82) is 0 Å². The lowest BCUT2D eigenvalue weighted by Gasteiger charge is -2.14. The van der Waals surface area contributed by atoms with Gasteiger partial charge < -0.3 is 9.84 Å². The van der Waals surface area contributed by atoms with E-state index in [2.05, 4.69) is 19.2 Å². The van der Waals surface area contributed by atoms with E-state index in [9.17, 15) is 9.90 Å². The third-order valence-electron chi connectivity index (χ3n) is 3.77. The molecule has 1 saturated heterocycles. The molecular formula is C15H20O3. The van der Waals surface area contributed by atoms with Gasteiger partial charge in [-0.25, -0.2) is 4.79 Å². The predicted octanol–water partition coefficient (Wildman–Crippen LogP) is 2.52. The van der Waals surface area contributed by atoms with Crippen LogP contribution in [0.4, 0.5) is 0 Å². The first kappa shape index (κ1) is 13.1. The number of carbonyl (C=O) groups excluding carboxylic acids is 1. The van der Waals surface area contributed by atoms with Crippen LogP contribution < -0.4 is 0 Å². The van der Waals surface area contributed by atoms with Gasteiger partial charge in [-0.15, -0.1) is 0 Å². The molecule has 0 bridgehead atoms. The second-order valence-corrected chi connectivity index (χ2v) is 5.24. The maximum atomic E-state index is 11.5. The topological polar surface area (TPSA) is 46.5 Å². The molecule has 98 valence electrons. The van der Waals surface area contributed by atoms with Gasteiger partial charge in [0.15, 0.2) is 0 Å². The molecule has 0 aromatic rings. The molecule has 0 radical (unpaired) electrons. The summed E-state index contributed by atoms with van der Waals surface area (Å²) in [6.07, 6.45) is 4.76. The molecule has 3 nitrogen and oxygen atoms in total. The van der Waals surface area contributed by atoms with Gasteiger partial charge in [0.2, 0.25) is 0 Å². The van der Waals surface area contributed by atoms with Gasteiger partial charge in [0.05, 0.1) is 6.10 Å². The van der Waals surface area contributed by atoms with Gasteiger partial charge in [0, 0.05) is 17.9 Å². The Bertz CT molecular complexity index is 417. The normalized spacial score (nSPS) is 29.4. The summed E-state index contributed by atoms with van der Waals surface area (Å²) in [5.41, 5.74) is 2.79. The first-order valence-electron chi connectivity index (χ1n) is 6.44. The minimum Gasteiger partial charge on any atom is -0.458 e. The lowest BCUT2D eigenvalue weighted by atomic mass is 9.92. The van der Waals surface area contributed by atoms with Crippen molar-refractivity contribution in [1.82, 2.24) is 0 Å². The molecule has 18 heavy (non-hydrogen) atoms. The lowest BCUT2D eigenvalue weighted by Crippen LogP contribution is -2.15. The maximum absolute atomic E-state index is 11.5. The van der Waals surface area contributed by atoms with Crippen molar-refractivity contribution < 1.29 is 14.6 Å². The Morgan fingerprint density at radius 3 is 2.94 bits per heavy atom. The third-order valence-corrected chi connectivity index (χ3v) is 3.77. The van der Waals surface area contributed by atoms with Gasteiger partial charge in [-0.2, -0.15) is 0 Å². The van der Waals surface area contributed by atoms with Crippen molar-refractivity contribution in [2.75, 3.05) is 0 Å². The monoisotopic (exact) mass is 248 g/mol. The number of aliphatic hydroxyl groups excluding tert-OH is 1. The summed E-state index contributed by atoms with van der Waals surface area (Å²) in [4.78, 5) is 11.5. The van der Waals surface area contributed by atoms with Crippen LogP contribution in [0.5, 0.6) is 0 Å². The van der Waals surface area contributed by atoms with E-state index in [4.69, 9.17) is 4.74 Å². The quantitative estimate of drug-likeness (QED) is 0.616. The van der Waals surface area contributed by atoms with E-state index in [1.54, 1.807) is 6.92 Å². The van der Waals surface area contributed by atoms with Crippen molar-refractivity contribution in [2.45, 2.75) is 44.8 Å². The summed E-state index contributed by atoms with van der Waals surface area (Å²) in [7, 11) is 0. The van der Waals surface area contributed by atoms with E-state index in [-0.39, 0.29) is 24.1 Å². The average molecular weight is 248 g/mol. The summed E-state index contributed by atoms with van der Waals surface area (Å²) < 4.78 is 5.32. The van der Waals surface area contributed by atoms with E-state index < -0.39 is 0 Å². The molecular weight excluding hydrogens is 228 g/mol. The summed E-state index contributed by atoms with van der Waals surface area (Å²) in [6.45, 7) is 9.68. The fourth-order valence-corrected chi connectivity index (χ4v) is 2.58. The summed E-state index contributed by atoms with van der Waals surface area (Å²) in [6, 6.07) is 0. The molecule has 0 amide bonds. The zero-order valence-electron chi connectivity index (χ0n) is 10.8. The zero-order valence-corrected chi connectivity index (χ0v) is 10.8. The summed E-state index contributed by atoms with van der Waals surface area (Å²) in [5, 5.41) is 9.34. The number of hydrogen-bond acceptors (Lipinski definition) is 3. The van der Waals surface area contributed by atoms with Crippen molar-refractivity contribution in [3.63, 3.8) is 0 Å². The Kier molecular flexibility index (Phi) is 3.71. The second kappa shape index (κ2) is 5.11. The maximum Gasteiger partial charge on any atom is 0.334 e. The Morgan fingerprint density at radius 1 is 1.56 bits per heavy atom. The average Bonchev–Trinajstić information content (AvgIpc) is 2.46. The van der Waals surface area contributed by atoms with Gasteiger partial charge in [0.25, 0.3) is 0 Å². The molecule has 3 unspecified atom stereocenters. The van der Waals surface area contributed by atoms with E-state index in [1.807, 2.05) is 0 Å². The van der Waals surface area contributed by atoms with Crippen molar-refractivity contribution >= 4 is 5.97 Å². The number of ether oxygens (including phenoxy) is 1. The van der Waals surface area contributed by atoms with Crippen LogP contribution >= 0.6 is 0 Å². The predicted molar refractivity (Wildman–Crippen MR) is 69.9 cm³/mol. The van der Waals surface area contributed by atoms with Crippen LogP contribution in [-0.4, -0.2) is 23.3 Å². The van der Waals surface area contributed by atoms with Crippen LogP contribution in [0.25, 0.3) is 0 Å². The fourth-order valence-electron chi connectivity index (χ4n) is 2.58. The molecule has 1 fully saturated rings. The van der Waals surface area contributed by atoms with E-state index in [0.717, 1.165) is 24.8 Å². The van der Waals surface area contributed by atoms with Crippen LogP contribution in [0.1, 0.15) is 32.6 Å². The molecule has 2 aliphatic rings. The van der Waals surface area contributed by atoms with E-state index >= 15 is 0 Å². The number of allylic oxidation sites excluding steroid dienone is 2. The highest BCUT2D eigenvalue weighted by Crippen LogP contribution is 2.38. The molecule has 2 rings (SSSR count). The molecule has 3 heteroatoms. The SMILES string of the molecule is C=C1CC2OC(=O)C(=C)C2CC=C1CCC(C)O. The molecule has 0 saturated carbocycles. The van der Waals surface area contributed by atoms with Gasteiger partial charge in [0.1, 0.15) is 6.10 Å². The first-order chi connectivity index (χ1) is 8.49. The van der Waals surface area contributed by atoms with Crippen molar-refractivity contribution in [3.8, 4) is 0 Å². The first-order valence-corrected chi connectivity index (χ1v) is 6.44. The zero-order chi connectivity index (χ0) is 13.3. The fraction of sp³-hybridized carbons (Fsp3) is 0.533. The number of aliphatic hydroxyl groups is 1. The third kappa shape index (κ3) is 2.56. The lowest BCUT2D eigenvalue weighted by molar-refractivity contribution is -0.139. The minimum atomic E-state index is -0.297. The number of fused-ring (bicyclic) bond motifs is 1. The Morgan fingerprint density at radius 2 is 2.28 bits per heavy atom. The van der Waals surface area contributed by atoms with Crippen LogP contribution in [0.3, 0.4) is 0 Å². The molecule has 0 spiro atoms. The Balaban J connectivity index is 2.08. The van der Waals surface area contributed by atoms with Crippen molar-refractivity contribution in [2.24, 2.45) is 5.92 Å². The van der Waals surface area contributed by atoms with E-state index in [1.165, 1.54) is 5.57 Å². The molecule has 1 aliphatic carbocycles. The van der Waals surface area contributed by atoms with Crippen molar-refractivity contribution in [3.05, 3.63) is 36.0 Å². The van der Waals surface area contributed by atoms with Gasteiger partial charge in [-0.3, -0.25) is 0 Å². The number of esters is 1. The molecule has 3 atom stereocenters. The summed E-state index contributed by atoms with van der Waals surface area (Å²) >= 11 is 0. The number of carbonyl (C=O) groups is 1. The molecule has 1 aliphatic heterocycles. The standard InChI is InChI=1S/C15H20O3/c1-9-8-14-13(11(3)15(17)18-14)7-6-12(9)5-4-10(2)16/h6,10,13-14,16H,1,3-5,7-8H2,2H3. The van der Waals surface area contributed by atoms with Crippen LogP contribution in [0.15, 0.2) is 36.0 Å². The van der Waals surface area contributed by atoms with Crippen LogP contribution in [0.2, 0.25) is 0 Å². The minimum absolute atomic E-state index is 0.0956. The Hall–Kier alpha value is -1.35. The number of hydrogen-bond donors (Lipinski definition) is 1. The van der Waals surface area contributed by atoms with Gasteiger partial charge in [-0.05, 0) is 37.3 Å². The van der Waals surface area contributed by atoms with Crippen LogP contribution in [-0.2, 0) is 9.53 Å². The van der Waals surface area contributed by atoms with Crippen LogP contribution in [0, 0.1) is 5.92 Å². The molecule has 0 aromatic heterocycles. The molecule has 1 N–H and O–H groups in total. The van der Waals surface area contributed by atoms with Gasteiger partial charge in [-0.1, -0.05) is 19.2 Å². The van der Waals surface area contributed by atoms with Gasteiger partial charge >= 0.3 is 5.97 Å². The largest absolute Gasteiger partial charge is 0.458 e. The molecule has 1 heterocycles. The highest BCUT2D eigenvalue weighted by molar-refractivity contribution is 5.90. The summed E-state index contributed by atoms with van der Waals surface area (Å²) in [5.74, 6) is -0.170. The van der Waals surface area contributed by atoms with E-state index in [0.29, 0.717) is 12.0 Å². The highest BCUT2D eigenvalue weighted by atomic mass is 16.6. The highest BCUT2D eigenvalue weighted by Gasteiger charge is 2.39. The smallest absolute Gasteiger partial charge is 0.334 e. The molecule has 0 aromatic carbocycles. The Labute approximate surface area is 108 Å². The second-order valence-electron chi connectivity index (χ2n) is 5.24.